The molecule has 1 aromatic heterocycles. The maximum atomic E-state index is 13.0. The van der Waals surface area contributed by atoms with Crippen LogP contribution in [0.2, 0.25) is 0 Å². The molecule has 2 amide bonds. The molecular formula is C22H27BrN6O4S. The lowest BCUT2D eigenvalue weighted by atomic mass is 9.68. The van der Waals surface area contributed by atoms with Crippen LogP contribution in [-0.2, 0) is 9.53 Å². The molecule has 0 radical (unpaired) electrons. The van der Waals surface area contributed by atoms with E-state index in [9.17, 15) is 14.7 Å². The number of carboxylic acid groups (broad SMARTS) is 1. The lowest BCUT2D eigenvalue weighted by Crippen LogP contribution is -2.72. The third-order valence-electron chi connectivity index (χ3n) is 6.44. The summed E-state index contributed by atoms with van der Waals surface area (Å²) >= 11 is 5.13. The van der Waals surface area contributed by atoms with Crippen LogP contribution < -0.4 is 20.9 Å². The van der Waals surface area contributed by atoms with Crippen LogP contribution in [0.1, 0.15) is 20.3 Å². The molecule has 2 aliphatic rings. The molecule has 34 heavy (non-hydrogen) atoms. The van der Waals surface area contributed by atoms with Gasteiger partial charge in [0.25, 0.3) is 0 Å². The highest BCUT2D eigenvalue weighted by Gasteiger charge is 2.59. The number of carbonyl (C=O) groups is 2. The van der Waals surface area contributed by atoms with Gasteiger partial charge in [0.05, 0.1) is 39.9 Å². The second-order valence-corrected chi connectivity index (χ2v) is 10.1. The van der Waals surface area contributed by atoms with E-state index in [-0.39, 0.29) is 0 Å². The first-order valence-electron chi connectivity index (χ1n) is 10.9. The Bertz CT molecular complexity index is 1170. The van der Waals surface area contributed by atoms with Gasteiger partial charge in [-0.3, -0.25) is 15.0 Å². The standard InChI is InChI=1S/C22H27BrN6O4S/c1-4-25-20(32)28-22(16-11-24-8-6-21(16,2)19(30)31)27-7-5-17(33-3)29(22)13-9-14(23)18-15(10-13)26-12-34-18/h5,7,9-10,12,16,24H,4,6,8,11H2,1-3H3,(H,30,31)(H2,25,28,32). The molecule has 1 aromatic carbocycles. The molecule has 3 heterocycles. The first-order chi connectivity index (χ1) is 16.3. The first kappa shape index (κ1) is 24.4. The highest BCUT2D eigenvalue weighted by molar-refractivity contribution is 9.10. The Kier molecular flexibility index (Phi) is 6.83. The molecule has 2 aliphatic heterocycles. The summed E-state index contributed by atoms with van der Waals surface area (Å²) in [4.78, 5) is 36.5. The molecule has 0 bridgehead atoms. The Morgan fingerprint density at radius 3 is 2.94 bits per heavy atom. The van der Waals surface area contributed by atoms with Crippen LogP contribution in [0.3, 0.4) is 0 Å². The van der Waals surface area contributed by atoms with Crippen molar-refractivity contribution in [2.45, 2.75) is 26.1 Å². The molecule has 0 aliphatic carbocycles. The number of carboxylic acids is 1. The molecule has 0 spiro atoms. The SMILES string of the molecule is CCNC(=O)NC1(C2CNCCC2(C)C(=O)O)N=CC=C(OC)N1c1cc(Br)c2scnc2c1. The number of ether oxygens (including phenoxy) is 1. The average molecular weight is 551 g/mol. The molecule has 4 rings (SSSR count). The van der Waals surface area contributed by atoms with Crippen LogP contribution in [-0.4, -0.2) is 60.8 Å². The van der Waals surface area contributed by atoms with Crippen LogP contribution >= 0.6 is 27.3 Å². The minimum absolute atomic E-state index is 0.320. The molecule has 12 heteroatoms. The Morgan fingerprint density at radius 1 is 1.44 bits per heavy atom. The minimum atomic E-state index is -1.50. The van der Waals surface area contributed by atoms with Crippen LogP contribution in [0.25, 0.3) is 10.2 Å². The maximum Gasteiger partial charge on any atom is 0.318 e. The van der Waals surface area contributed by atoms with E-state index in [1.807, 2.05) is 19.1 Å². The Balaban J connectivity index is 1.96. The molecule has 182 valence electrons. The number of hydrogen-bond acceptors (Lipinski definition) is 8. The summed E-state index contributed by atoms with van der Waals surface area (Å²) in [6.45, 7) is 4.78. The number of benzene rings is 1. The van der Waals surface area contributed by atoms with Gasteiger partial charge in [0.1, 0.15) is 0 Å². The summed E-state index contributed by atoms with van der Waals surface area (Å²) < 4.78 is 7.53. The van der Waals surface area contributed by atoms with Crippen molar-refractivity contribution in [3.05, 3.63) is 34.1 Å². The zero-order chi connectivity index (χ0) is 24.5. The fourth-order valence-corrected chi connectivity index (χ4v) is 6.06. The Morgan fingerprint density at radius 2 is 2.24 bits per heavy atom. The van der Waals surface area contributed by atoms with E-state index < -0.39 is 29.1 Å². The number of aliphatic imine (C=N–C) groups is 1. The van der Waals surface area contributed by atoms with Crippen molar-refractivity contribution in [2.24, 2.45) is 16.3 Å². The molecule has 3 atom stereocenters. The highest BCUT2D eigenvalue weighted by Crippen LogP contribution is 2.47. The van der Waals surface area contributed by atoms with E-state index in [0.717, 1.165) is 14.7 Å². The lowest BCUT2D eigenvalue weighted by molar-refractivity contribution is -0.155. The highest BCUT2D eigenvalue weighted by atomic mass is 79.9. The number of piperidine rings is 1. The second kappa shape index (κ2) is 9.51. The van der Waals surface area contributed by atoms with Gasteiger partial charge in [0.15, 0.2) is 5.88 Å². The number of carbonyl (C=O) groups excluding carboxylic acids is 1. The molecule has 10 nitrogen and oxygen atoms in total. The number of aromatic nitrogens is 1. The van der Waals surface area contributed by atoms with Gasteiger partial charge in [-0.2, -0.15) is 0 Å². The fourth-order valence-electron chi connectivity index (χ4n) is 4.67. The molecule has 0 saturated carbocycles. The summed E-state index contributed by atoms with van der Waals surface area (Å²) in [5.41, 5.74) is 1.98. The monoisotopic (exact) mass is 550 g/mol. The average Bonchev–Trinajstić information content (AvgIpc) is 3.28. The second-order valence-electron chi connectivity index (χ2n) is 8.39. The Labute approximate surface area is 209 Å². The first-order valence-corrected chi connectivity index (χ1v) is 12.6. The van der Waals surface area contributed by atoms with Gasteiger partial charge in [-0.05, 0) is 54.9 Å². The summed E-state index contributed by atoms with van der Waals surface area (Å²) in [6, 6.07) is 3.32. The number of hydrogen-bond donors (Lipinski definition) is 4. The van der Waals surface area contributed by atoms with Crippen molar-refractivity contribution in [1.29, 1.82) is 0 Å². The number of aliphatic carboxylic acids is 1. The van der Waals surface area contributed by atoms with Crippen LogP contribution in [0, 0.1) is 11.3 Å². The van der Waals surface area contributed by atoms with E-state index in [0.29, 0.717) is 37.6 Å². The fraction of sp³-hybridized carbons (Fsp3) is 0.455. The third kappa shape index (κ3) is 4.03. The number of urea groups is 1. The summed E-state index contributed by atoms with van der Waals surface area (Å²) in [5, 5.41) is 19.4. The van der Waals surface area contributed by atoms with E-state index in [1.54, 1.807) is 29.6 Å². The predicted octanol–water partition coefficient (Wildman–Crippen LogP) is 3.11. The van der Waals surface area contributed by atoms with Crippen molar-refractivity contribution in [2.75, 3.05) is 31.6 Å². The van der Waals surface area contributed by atoms with E-state index in [4.69, 9.17) is 9.73 Å². The predicted molar refractivity (Wildman–Crippen MR) is 135 cm³/mol. The van der Waals surface area contributed by atoms with E-state index in [1.165, 1.54) is 18.4 Å². The van der Waals surface area contributed by atoms with Gasteiger partial charge in [-0.25, -0.2) is 14.8 Å². The van der Waals surface area contributed by atoms with E-state index >= 15 is 0 Å². The molecular weight excluding hydrogens is 524 g/mol. The van der Waals surface area contributed by atoms with Crippen molar-refractivity contribution in [1.82, 2.24) is 20.9 Å². The number of nitrogens with one attached hydrogen (secondary N) is 3. The van der Waals surface area contributed by atoms with Gasteiger partial charge in [0.2, 0.25) is 5.79 Å². The van der Waals surface area contributed by atoms with Crippen LogP contribution in [0.15, 0.2) is 39.1 Å². The molecule has 1 fully saturated rings. The summed E-state index contributed by atoms with van der Waals surface area (Å²) in [6.07, 6.45) is 3.61. The number of halogens is 1. The summed E-state index contributed by atoms with van der Waals surface area (Å²) in [5.74, 6) is -2.69. The van der Waals surface area contributed by atoms with Gasteiger partial charge in [0, 0.05) is 29.9 Å². The number of rotatable bonds is 6. The number of anilines is 1. The Hall–Kier alpha value is -2.70. The zero-order valence-corrected chi connectivity index (χ0v) is 21.5. The number of nitrogens with zero attached hydrogens (tertiary/aromatic N) is 3. The number of allylic oxidation sites excluding steroid dienone is 1. The van der Waals surface area contributed by atoms with Gasteiger partial charge in [-0.1, -0.05) is 0 Å². The molecule has 4 N–H and O–H groups in total. The van der Waals surface area contributed by atoms with Crippen molar-refractivity contribution < 1.29 is 19.4 Å². The molecule has 2 aromatic rings. The van der Waals surface area contributed by atoms with Gasteiger partial charge in [-0.15, -0.1) is 11.3 Å². The lowest BCUT2D eigenvalue weighted by Gasteiger charge is -2.53. The minimum Gasteiger partial charge on any atom is -0.482 e. The summed E-state index contributed by atoms with van der Waals surface area (Å²) in [7, 11) is 1.53. The van der Waals surface area contributed by atoms with Crippen LogP contribution in [0.5, 0.6) is 0 Å². The third-order valence-corrected chi connectivity index (χ3v) is 8.20. The van der Waals surface area contributed by atoms with Gasteiger partial charge < -0.3 is 20.5 Å². The number of amides is 2. The number of methoxy groups -OCH3 is 1. The smallest absolute Gasteiger partial charge is 0.318 e. The van der Waals surface area contributed by atoms with Crippen molar-refractivity contribution >= 4 is 61.4 Å². The molecule has 1 saturated heterocycles. The number of fused-ring (bicyclic) bond motifs is 1. The van der Waals surface area contributed by atoms with Gasteiger partial charge >= 0.3 is 12.0 Å². The maximum absolute atomic E-state index is 13.0. The molecule has 3 unspecified atom stereocenters. The van der Waals surface area contributed by atoms with Crippen molar-refractivity contribution in [3.8, 4) is 0 Å². The largest absolute Gasteiger partial charge is 0.482 e. The quantitative estimate of drug-likeness (QED) is 0.435. The van der Waals surface area contributed by atoms with E-state index in [2.05, 4.69) is 36.9 Å². The normalized spacial score (nSPS) is 26.8. The van der Waals surface area contributed by atoms with Crippen molar-refractivity contribution in [3.63, 3.8) is 0 Å². The zero-order valence-electron chi connectivity index (χ0n) is 19.1. The number of thiazole rings is 1. The van der Waals surface area contributed by atoms with Crippen LogP contribution in [0.4, 0.5) is 10.5 Å². The topological polar surface area (TPSA) is 128 Å².